The first-order valence-corrected chi connectivity index (χ1v) is 12.4. The molecule has 0 spiro atoms. The molecule has 1 aliphatic heterocycles. The highest BCUT2D eigenvalue weighted by Crippen LogP contribution is 2.30. The molecule has 3 rings (SSSR count). The number of amidine groups is 1. The summed E-state index contributed by atoms with van der Waals surface area (Å²) in [7, 11) is -2.45. The van der Waals surface area contributed by atoms with Crippen molar-refractivity contribution in [3.63, 3.8) is 0 Å². The predicted molar refractivity (Wildman–Crippen MR) is 122 cm³/mol. The number of thioether (sulfide) groups is 1. The van der Waals surface area contributed by atoms with Crippen molar-refractivity contribution in [3.05, 3.63) is 65.7 Å². The Bertz CT molecular complexity index is 1140. The molecule has 0 bridgehead atoms. The van der Waals surface area contributed by atoms with Crippen molar-refractivity contribution >= 4 is 38.7 Å². The maximum absolute atomic E-state index is 12.3. The number of hydrogen-bond donors (Lipinski definition) is 1. The summed E-state index contributed by atoms with van der Waals surface area (Å²) in [6.45, 7) is 0. The minimum atomic E-state index is -4.54. The monoisotopic (exact) mass is 498 g/mol. The number of carbonyl (C=O) groups excluding carboxylic acids is 1. The van der Waals surface area contributed by atoms with E-state index in [1.165, 1.54) is 48.2 Å². The number of nitrogens with one attached hydrogen (secondary N) is 1. The normalized spacial score (nSPS) is 16.6. The Morgan fingerprint density at radius 1 is 1.18 bits per heavy atom. The van der Waals surface area contributed by atoms with Crippen LogP contribution in [0.5, 0.6) is 5.75 Å². The molecule has 2 aromatic rings. The lowest BCUT2D eigenvalue weighted by molar-refractivity contribution is -0.130. The lowest BCUT2D eigenvalue weighted by Gasteiger charge is -2.07. The second-order valence-electron chi connectivity index (χ2n) is 7.11. The van der Waals surface area contributed by atoms with E-state index in [0.29, 0.717) is 16.5 Å². The second kappa shape index (κ2) is 10.4. The van der Waals surface area contributed by atoms with Crippen molar-refractivity contribution in [3.8, 4) is 5.75 Å². The van der Waals surface area contributed by atoms with Crippen LogP contribution in [0.25, 0.3) is 6.08 Å². The first-order chi connectivity index (χ1) is 15.6. The number of sulfone groups is 1. The van der Waals surface area contributed by atoms with E-state index in [0.717, 1.165) is 11.3 Å². The largest absolute Gasteiger partial charge is 0.497 e. The number of ether oxygens (including phenoxy) is 1. The highest BCUT2D eigenvalue weighted by atomic mass is 32.2. The van der Waals surface area contributed by atoms with Crippen LogP contribution < -0.4 is 10.1 Å². The molecular weight excluding hydrogens is 477 g/mol. The number of rotatable bonds is 7. The fourth-order valence-corrected chi connectivity index (χ4v) is 5.16. The maximum atomic E-state index is 12.3. The molecule has 1 amide bonds. The van der Waals surface area contributed by atoms with Gasteiger partial charge in [-0.25, -0.2) is 8.42 Å². The van der Waals surface area contributed by atoms with E-state index in [9.17, 15) is 26.4 Å². The average molecular weight is 499 g/mol. The molecule has 1 N–H and O–H groups in total. The zero-order valence-corrected chi connectivity index (χ0v) is 19.1. The van der Waals surface area contributed by atoms with Crippen LogP contribution in [0.3, 0.4) is 0 Å². The van der Waals surface area contributed by atoms with Crippen molar-refractivity contribution in [1.82, 2.24) is 5.32 Å². The standard InChI is InChI=1S/C22H21F3N2O4S2/c1-31-17-7-5-16(6-8-17)19-14-32-21(26-19)27-20(28)11-4-15-2-9-18(10-3-15)33(29,30)13-12-22(23,24)25/h2-11,19H,12-14H2,1H3,(H,26,27,28)/b11-4+. The lowest BCUT2D eigenvalue weighted by Crippen LogP contribution is -2.25. The third kappa shape index (κ3) is 7.36. The fourth-order valence-electron chi connectivity index (χ4n) is 2.91. The van der Waals surface area contributed by atoms with Gasteiger partial charge in [-0.1, -0.05) is 36.0 Å². The molecule has 6 nitrogen and oxygen atoms in total. The van der Waals surface area contributed by atoms with Gasteiger partial charge in [-0.05, 0) is 41.5 Å². The van der Waals surface area contributed by atoms with Crippen molar-refractivity contribution in [1.29, 1.82) is 0 Å². The van der Waals surface area contributed by atoms with Crippen molar-refractivity contribution in [2.45, 2.75) is 23.5 Å². The number of alkyl halides is 3. The van der Waals surface area contributed by atoms with Gasteiger partial charge in [0.15, 0.2) is 15.0 Å². The molecule has 0 fully saturated rings. The molecule has 0 saturated carbocycles. The van der Waals surface area contributed by atoms with Crippen LogP contribution in [-0.2, 0) is 14.6 Å². The number of aliphatic imine (C=N–C) groups is 1. The number of hydrogen-bond acceptors (Lipinski definition) is 6. The zero-order chi connectivity index (χ0) is 24.1. The SMILES string of the molecule is COc1ccc(C2CSC(NC(=O)/C=C/c3ccc(S(=O)(=O)CCC(F)(F)F)cc3)=N2)cc1. The summed E-state index contributed by atoms with van der Waals surface area (Å²) in [6, 6.07) is 12.8. The highest BCUT2D eigenvalue weighted by molar-refractivity contribution is 8.14. The number of benzene rings is 2. The van der Waals surface area contributed by atoms with Crippen molar-refractivity contribution in [2.75, 3.05) is 18.6 Å². The van der Waals surface area contributed by atoms with Crippen LogP contribution >= 0.6 is 11.8 Å². The predicted octanol–water partition coefficient (Wildman–Crippen LogP) is 4.39. The summed E-state index contributed by atoms with van der Waals surface area (Å²) in [5, 5.41) is 3.19. The van der Waals surface area contributed by atoms with E-state index < -0.39 is 34.1 Å². The van der Waals surface area contributed by atoms with Gasteiger partial charge < -0.3 is 10.1 Å². The van der Waals surface area contributed by atoms with E-state index in [-0.39, 0.29) is 10.9 Å². The Morgan fingerprint density at radius 3 is 2.45 bits per heavy atom. The molecule has 0 radical (unpaired) electrons. The van der Waals surface area contributed by atoms with Gasteiger partial charge in [0.2, 0.25) is 5.91 Å². The number of methoxy groups -OCH3 is 1. The van der Waals surface area contributed by atoms with Crippen LogP contribution in [-0.4, -0.2) is 44.3 Å². The zero-order valence-electron chi connectivity index (χ0n) is 17.5. The van der Waals surface area contributed by atoms with Gasteiger partial charge in [-0.2, -0.15) is 13.2 Å². The quantitative estimate of drug-likeness (QED) is 0.573. The van der Waals surface area contributed by atoms with Crippen LogP contribution in [0, 0.1) is 0 Å². The Balaban J connectivity index is 1.56. The Labute approximate surface area is 193 Å². The fraction of sp³-hybridized carbons (Fsp3) is 0.273. The minimum absolute atomic E-state index is 0.0768. The molecule has 0 aromatic heterocycles. The van der Waals surface area contributed by atoms with Gasteiger partial charge >= 0.3 is 6.18 Å². The summed E-state index contributed by atoms with van der Waals surface area (Å²) in [5.41, 5.74) is 1.53. The number of nitrogens with zero attached hydrogens (tertiary/aromatic N) is 1. The van der Waals surface area contributed by atoms with E-state index >= 15 is 0 Å². The molecule has 1 aliphatic rings. The lowest BCUT2D eigenvalue weighted by atomic mass is 10.1. The van der Waals surface area contributed by atoms with E-state index in [2.05, 4.69) is 10.3 Å². The van der Waals surface area contributed by atoms with Crippen molar-refractivity contribution in [2.24, 2.45) is 4.99 Å². The molecule has 1 atom stereocenters. The smallest absolute Gasteiger partial charge is 0.390 e. The Hall–Kier alpha value is -2.79. The van der Waals surface area contributed by atoms with Gasteiger partial charge in [0, 0.05) is 11.8 Å². The molecule has 33 heavy (non-hydrogen) atoms. The molecule has 1 heterocycles. The second-order valence-corrected chi connectivity index (χ2v) is 10.2. The average Bonchev–Trinajstić information content (AvgIpc) is 3.25. The Morgan fingerprint density at radius 2 is 1.85 bits per heavy atom. The van der Waals surface area contributed by atoms with Gasteiger partial charge in [0.25, 0.3) is 0 Å². The number of halogens is 3. The summed E-state index contributed by atoms with van der Waals surface area (Å²) >= 11 is 1.42. The van der Waals surface area contributed by atoms with Crippen molar-refractivity contribution < 1.29 is 31.1 Å². The maximum Gasteiger partial charge on any atom is 0.390 e. The highest BCUT2D eigenvalue weighted by Gasteiger charge is 2.30. The van der Waals surface area contributed by atoms with Crippen LogP contribution in [0.2, 0.25) is 0 Å². The Kier molecular flexibility index (Phi) is 7.85. The van der Waals surface area contributed by atoms with Gasteiger partial charge in [0.1, 0.15) is 5.75 Å². The number of carbonyl (C=O) groups is 1. The summed E-state index contributed by atoms with van der Waals surface area (Å²) in [4.78, 5) is 16.5. The van der Waals surface area contributed by atoms with Crippen LogP contribution in [0.15, 0.2) is 64.5 Å². The van der Waals surface area contributed by atoms with E-state index in [1.54, 1.807) is 7.11 Å². The van der Waals surface area contributed by atoms with Gasteiger partial charge in [-0.3, -0.25) is 9.79 Å². The first-order valence-electron chi connectivity index (χ1n) is 9.79. The third-order valence-electron chi connectivity index (χ3n) is 4.70. The van der Waals surface area contributed by atoms with Gasteiger partial charge in [0.05, 0.1) is 30.2 Å². The minimum Gasteiger partial charge on any atom is -0.497 e. The molecule has 176 valence electrons. The number of amides is 1. The van der Waals surface area contributed by atoms with E-state index in [1.807, 2.05) is 24.3 Å². The summed E-state index contributed by atoms with van der Waals surface area (Å²) in [6.07, 6.45) is -3.20. The van der Waals surface area contributed by atoms with Gasteiger partial charge in [-0.15, -0.1) is 0 Å². The third-order valence-corrected chi connectivity index (χ3v) is 7.40. The molecule has 0 aliphatic carbocycles. The molecular formula is C22H21F3N2O4S2. The molecule has 2 aromatic carbocycles. The molecule has 0 saturated heterocycles. The van der Waals surface area contributed by atoms with Crippen LogP contribution in [0.1, 0.15) is 23.6 Å². The van der Waals surface area contributed by atoms with Crippen LogP contribution in [0.4, 0.5) is 13.2 Å². The topological polar surface area (TPSA) is 84.8 Å². The molecule has 1 unspecified atom stereocenters. The molecule has 11 heteroatoms. The first kappa shape index (κ1) is 24.8. The summed E-state index contributed by atoms with van der Waals surface area (Å²) < 4.78 is 66.0. The summed E-state index contributed by atoms with van der Waals surface area (Å²) in [5.74, 6) is 0.0268. The van der Waals surface area contributed by atoms with E-state index in [4.69, 9.17) is 4.74 Å².